The van der Waals surface area contributed by atoms with Crippen molar-refractivity contribution < 1.29 is 4.79 Å². The smallest absolute Gasteiger partial charge is 0.240 e. The molecule has 0 radical (unpaired) electrons. The molecule has 3 aromatic rings. The maximum atomic E-state index is 14.0. The largest absolute Gasteiger partial charge is 0.362 e. The Balaban J connectivity index is 1.69. The number of para-hydroxylation sites is 1. The zero-order chi connectivity index (χ0) is 19.8. The molecule has 1 amide bonds. The van der Waals surface area contributed by atoms with Crippen molar-refractivity contribution >= 4 is 33.2 Å². The highest BCUT2D eigenvalue weighted by atomic mass is 79.9. The van der Waals surface area contributed by atoms with Gasteiger partial charge in [0.1, 0.15) is 5.41 Å². The van der Waals surface area contributed by atoms with E-state index < -0.39 is 5.41 Å². The van der Waals surface area contributed by atoms with Gasteiger partial charge < -0.3 is 9.80 Å². The van der Waals surface area contributed by atoms with Gasteiger partial charge >= 0.3 is 0 Å². The van der Waals surface area contributed by atoms with Gasteiger partial charge in [-0.2, -0.15) is 0 Å². The molecule has 6 rings (SSSR count). The SMILES string of the molecule is CN1C(=O)[C@@]2(Cc3ccccc3N3CCc4ccccc4[C@H]32)c2ccc(Br)cc21. The van der Waals surface area contributed by atoms with E-state index in [1.165, 1.54) is 22.4 Å². The number of nitrogens with zero attached hydrogens (tertiary/aromatic N) is 2. The lowest BCUT2D eigenvalue weighted by atomic mass is 9.64. The van der Waals surface area contributed by atoms with Crippen LogP contribution >= 0.6 is 15.9 Å². The van der Waals surface area contributed by atoms with E-state index in [1.54, 1.807) is 0 Å². The van der Waals surface area contributed by atoms with E-state index in [9.17, 15) is 4.79 Å². The number of hydrogen-bond acceptors (Lipinski definition) is 2. The summed E-state index contributed by atoms with van der Waals surface area (Å²) in [6, 6.07) is 23.6. The molecular formula is C25H21BrN2O. The third kappa shape index (κ3) is 2.15. The number of amides is 1. The van der Waals surface area contributed by atoms with Gasteiger partial charge in [-0.3, -0.25) is 4.79 Å². The Hall–Kier alpha value is -2.59. The first kappa shape index (κ1) is 17.3. The van der Waals surface area contributed by atoms with E-state index in [0.717, 1.165) is 35.1 Å². The molecule has 144 valence electrons. The zero-order valence-electron chi connectivity index (χ0n) is 16.2. The molecule has 2 atom stereocenters. The first-order valence-corrected chi connectivity index (χ1v) is 10.9. The van der Waals surface area contributed by atoms with Crippen LogP contribution in [0, 0.1) is 0 Å². The minimum absolute atomic E-state index is 0.0136. The highest BCUT2D eigenvalue weighted by molar-refractivity contribution is 9.10. The second-order valence-corrected chi connectivity index (χ2v) is 9.26. The molecule has 0 bridgehead atoms. The van der Waals surface area contributed by atoms with Crippen LogP contribution in [0.15, 0.2) is 71.2 Å². The fourth-order valence-corrected chi connectivity index (χ4v) is 6.16. The molecule has 3 aliphatic heterocycles. The number of rotatable bonds is 0. The van der Waals surface area contributed by atoms with E-state index in [-0.39, 0.29) is 11.9 Å². The summed E-state index contributed by atoms with van der Waals surface area (Å²) in [5, 5.41) is 0. The van der Waals surface area contributed by atoms with Crippen LogP contribution in [0.2, 0.25) is 0 Å². The summed E-state index contributed by atoms with van der Waals surface area (Å²) in [6.45, 7) is 0.934. The van der Waals surface area contributed by atoms with Crippen molar-refractivity contribution in [1.29, 1.82) is 0 Å². The number of hydrogen-bond donors (Lipinski definition) is 0. The summed E-state index contributed by atoms with van der Waals surface area (Å²) in [6.07, 6.45) is 1.74. The number of carbonyl (C=O) groups excluding carboxylic acids is 1. The molecule has 3 aliphatic rings. The average molecular weight is 445 g/mol. The second kappa shape index (κ2) is 5.96. The van der Waals surface area contributed by atoms with E-state index >= 15 is 0 Å². The minimum atomic E-state index is -0.602. The molecule has 0 unspecified atom stereocenters. The Morgan fingerprint density at radius 2 is 1.72 bits per heavy atom. The van der Waals surface area contributed by atoms with E-state index in [1.807, 2.05) is 11.9 Å². The van der Waals surface area contributed by atoms with Gasteiger partial charge in [0.15, 0.2) is 0 Å². The average Bonchev–Trinajstić information content (AvgIpc) is 2.95. The van der Waals surface area contributed by atoms with Gasteiger partial charge in [-0.15, -0.1) is 0 Å². The van der Waals surface area contributed by atoms with Crippen molar-refractivity contribution in [2.24, 2.45) is 0 Å². The molecule has 0 fully saturated rings. The van der Waals surface area contributed by atoms with Crippen LogP contribution in [0.3, 0.4) is 0 Å². The van der Waals surface area contributed by atoms with Crippen LogP contribution in [0.5, 0.6) is 0 Å². The highest BCUT2D eigenvalue weighted by Crippen LogP contribution is 2.58. The van der Waals surface area contributed by atoms with Crippen LogP contribution in [0.25, 0.3) is 0 Å². The monoisotopic (exact) mass is 444 g/mol. The van der Waals surface area contributed by atoms with E-state index in [4.69, 9.17) is 0 Å². The quantitative estimate of drug-likeness (QED) is 0.485. The number of fused-ring (bicyclic) bond motifs is 8. The maximum absolute atomic E-state index is 14.0. The van der Waals surface area contributed by atoms with E-state index in [2.05, 4.69) is 87.6 Å². The fourth-order valence-electron chi connectivity index (χ4n) is 5.81. The first-order valence-electron chi connectivity index (χ1n) is 10.1. The van der Waals surface area contributed by atoms with Crippen LogP contribution in [0.1, 0.15) is 28.3 Å². The Kier molecular flexibility index (Phi) is 3.55. The molecule has 0 saturated carbocycles. The maximum Gasteiger partial charge on any atom is 0.240 e. The second-order valence-electron chi connectivity index (χ2n) is 8.35. The molecule has 29 heavy (non-hydrogen) atoms. The molecule has 1 spiro atoms. The lowest BCUT2D eigenvalue weighted by Crippen LogP contribution is -2.56. The lowest BCUT2D eigenvalue weighted by molar-refractivity contribution is -0.124. The number of anilines is 2. The van der Waals surface area contributed by atoms with Crippen molar-refractivity contribution in [3.63, 3.8) is 0 Å². The van der Waals surface area contributed by atoms with Crippen molar-refractivity contribution in [2.45, 2.75) is 24.3 Å². The van der Waals surface area contributed by atoms with Gasteiger partial charge in [-0.05, 0) is 53.3 Å². The molecule has 3 aromatic carbocycles. The summed E-state index contributed by atoms with van der Waals surface area (Å²) in [5.41, 5.74) is 6.77. The Bertz CT molecular complexity index is 1170. The molecular weight excluding hydrogens is 424 g/mol. The standard InChI is InChI=1S/C25H21BrN2O/c1-27-22-14-18(26)10-11-20(22)25(24(27)29)15-17-7-3-5-9-21(17)28-13-12-16-6-2-4-8-19(16)23(25)28/h2-11,14,23H,12-13,15H2,1H3/t23-,25-/m0/s1. The van der Waals surface area contributed by atoms with Crippen LogP contribution < -0.4 is 9.80 Å². The van der Waals surface area contributed by atoms with Crippen LogP contribution in [-0.2, 0) is 23.1 Å². The van der Waals surface area contributed by atoms with Crippen LogP contribution in [-0.4, -0.2) is 19.5 Å². The van der Waals surface area contributed by atoms with Gasteiger partial charge in [0, 0.05) is 29.4 Å². The molecule has 0 aromatic heterocycles. The molecule has 0 saturated heterocycles. The minimum Gasteiger partial charge on any atom is -0.362 e. The summed E-state index contributed by atoms with van der Waals surface area (Å²) in [5.74, 6) is 0.201. The van der Waals surface area contributed by atoms with Gasteiger partial charge in [-0.1, -0.05) is 64.5 Å². The Morgan fingerprint density at radius 3 is 2.59 bits per heavy atom. The lowest BCUT2D eigenvalue weighted by Gasteiger charge is -2.52. The van der Waals surface area contributed by atoms with Gasteiger partial charge in [-0.25, -0.2) is 0 Å². The highest BCUT2D eigenvalue weighted by Gasteiger charge is 2.60. The number of carbonyl (C=O) groups is 1. The number of benzene rings is 3. The molecule has 4 heteroatoms. The number of likely N-dealkylation sites (N-methyl/N-ethyl adjacent to an activating group) is 1. The van der Waals surface area contributed by atoms with Crippen LogP contribution in [0.4, 0.5) is 11.4 Å². The van der Waals surface area contributed by atoms with Gasteiger partial charge in [0.05, 0.1) is 6.04 Å². The Labute approximate surface area is 179 Å². The normalized spacial score (nSPS) is 24.2. The van der Waals surface area contributed by atoms with E-state index in [0.29, 0.717) is 0 Å². The van der Waals surface area contributed by atoms with Crippen molar-refractivity contribution in [3.8, 4) is 0 Å². The van der Waals surface area contributed by atoms with Crippen molar-refractivity contribution in [1.82, 2.24) is 0 Å². The van der Waals surface area contributed by atoms with Crippen molar-refractivity contribution in [3.05, 3.63) is 93.5 Å². The predicted molar refractivity (Wildman–Crippen MR) is 120 cm³/mol. The first-order chi connectivity index (χ1) is 14.1. The number of halogens is 1. The topological polar surface area (TPSA) is 23.6 Å². The summed E-state index contributed by atoms with van der Waals surface area (Å²) in [7, 11) is 1.92. The molecule has 0 N–H and O–H groups in total. The van der Waals surface area contributed by atoms with Gasteiger partial charge in [0.25, 0.3) is 0 Å². The zero-order valence-corrected chi connectivity index (χ0v) is 17.8. The van der Waals surface area contributed by atoms with Crippen molar-refractivity contribution in [2.75, 3.05) is 23.4 Å². The summed E-state index contributed by atoms with van der Waals surface area (Å²) in [4.78, 5) is 18.4. The molecule has 3 nitrogen and oxygen atoms in total. The fraction of sp³-hybridized carbons (Fsp3) is 0.240. The van der Waals surface area contributed by atoms with Gasteiger partial charge in [0.2, 0.25) is 5.91 Å². The summed E-state index contributed by atoms with van der Waals surface area (Å²) < 4.78 is 1.00. The predicted octanol–water partition coefficient (Wildman–Crippen LogP) is 5.02. The molecule has 0 aliphatic carbocycles. The Morgan fingerprint density at radius 1 is 0.966 bits per heavy atom. The summed E-state index contributed by atoms with van der Waals surface area (Å²) >= 11 is 3.60. The molecule has 3 heterocycles. The third-order valence-electron chi connectivity index (χ3n) is 7.01. The third-order valence-corrected chi connectivity index (χ3v) is 7.50.